The average molecular weight is 508 g/mol. The number of nitrogens with two attached hydrogens (primary N) is 2. The Kier molecular flexibility index (Phi) is 23.6. The Balaban J connectivity index is 0. The van der Waals surface area contributed by atoms with Crippen LogP contribution in [-0.4, -0.2) is 55.4 Å². The maximum atomic E-state index is 10.9. The Morgan fingerprint density at radius 3 is 2.46 bits per heavy atom. The fourth-order valence-corrected chi connectivity index (χ4v) is 4.29. The number of aldehydes is 1. The van der Waals surface area contributed by atoms with E-state index in [-0.39, 0.29) is 5.25 Å². The van der Waals surface area contributed by atoms with Crippen molar-refractivity contribution in [2.45, 2.75) is 72.5 Å². The van der Waals surface area contributed by atoms with Crippen LogP contribution in [0, 0.1) is 0 Å². The molecule has 7 heteroatoms. The highest BCUT2D eigenvalue weighted by molar-refractivity contribution is 8.00. The van der Waals surface area contributed by atoms with Crippen LogP contribution in [0.3, 0.4) is 0 Å². The quantitative estimate of drug-likeness (QED) is 0.181. The van der Waals surface area contributed by atoms with Crippen molar-refractivity contribution in [3.05, 3.63) is 59.2 Å². The van der Waals surface area contributed by atoms with E-state index in [4.69, 9.17) is 11.5 Å². The number of thioether (sulfide) groups is 1. The number of carbonyl (C=O) groups excluding carboxylic acids is 1. The molecule has 0 aromatic rings. The number of allylic oxidation sites excluding steroid dienone is 3. The molecule has 202 valence electrons. The van der Waals surface area contributed by atoms with Gasteiger partial charge in [-0.05, 0) is 44.4 Å². The molecule has 1 heterocycles. The van der Waals surface area contributed by atoms with Gasteiger partial charge in [-0.1, -0.05) is 58.8 Å². The molecule has 1 atom stereocenters. The second kappa shape index (κ2) is 23.6. The number of hydrogen-bond donors (Lipinski definition) is 4. The fraction of sp³-hybridized carbons (Fsp3) is 0.607. The van der Waals surface area contributed by atoms with E-state index in [9.17, 15) is 4.79 Å². The summed E-state index contributed by atoms with van der Waals surface area (Å²) < 4.78 is 0. The van der Waals surface area contributed by atoms with E-state index in [0.29, 0.717) is 6.54 Å². The minimum absolute atomic E-state index is 0.131. The van der Waals surface area contributed by atoms with Crippen LogP contribution in [0.25, 0.3) is 0 Å². The first-order valence-electron chi connectivity index (χ1n) is 13.0. The zero-order chi connectivity index (χ0) is 27.1. The first-order chi connectivity index (χ1) is 16.9. The molecule has 0 saturated carbocycles. The lowest BCUT2D eigenvalue weighted by molar-refractivity contribution is -0.107. The van der Waals surface area contributed by atoms with E-state index in [1.165, 1.54) is 5.57 Å². The van der Waals surface area contributed by atoms with E-state index in [0.717, 1.165) is 80.0 Å². The van der Waals surface area contributed by atoms with Crippen LogP contribution in [0.1, 0.15) is 67.2 Å². The van der Waals surface area contributed by atoms with Gasteiger partial charge in [-0.15, -0.1) is 11.8 Å². The Bertz CT molecular complexity index is 697. The summed E-state index contributed by atoms with van der Waals surface area (Å²) >= 11 is 1.72. The van der Waals surface area contributed by atoms with Crippen LogP contribution >= 0.6 is 11.8 Å². The van der Waals surface area contributed by atoms with Gasteiger partial charge in [-0.25, -0.2) is 0 Å². The molecule has 0 fully saturated rings. The summed E-state index contributed by atoms with van der Waals surface area (Å²) in [6.45, 7) is 19.9. The molecule has 1 rings (SSSR count). The Labute approximate surface area is 220 Å². The molecule has 0 bridgehead atoms. The second-order valence-corrected chi connectivity index (χ2v) is 9.16. The number of likely N-dealkylation sites (N-methyl/N-ethyl adjacent to an activating group) is 2. The number of carbonyl (C=O) groups is 1. The second-order valence-electron chi connectivity index (χ2n) is 7.94. The molecule has 6 nitrogen and oxygen atoms in total. The molecule has 0 amide bonds. The van der Waals surface area contributed by atoms with E-state index in [1.54, 1.807) is 11.8 Å². The summed E-state index contributed by atoms with van der Waals surface area (Å²) in [6, 6.07) is 0. The average Bonchev–Trinajstić information content (AvgIpc) is 2.87. The monoisotopic (exact) mass is 507 g/mol. The van der Waals surface area contributed by atoms with Crippen molar-refractivity contribution in [1.29, 1.82) is 0 Å². The summed E-state index contributed by atoms with van der Waals surface area (Å²) in [5, 5.41) is 6.39. The lowest BCUT2D eigenvalue weighted by atomic mass is 10.1. The third-order valence-electron chi connectivity index (χ3n) is 5.07. The van der Waals surface area contributed by atoms with Crippen LogP contribution < -0.4 is 22.1 Å². The van der Waals surface area contributed by atoms with Crippen LogP contribution in [0.15, 0.2) is 59.2 Å². The maximum Gasteiger partial charge on any atom is 0.132 e. The van der Waals surface area contributed by atoms with Crippen molar-refractivity contribution in [2.24, 2.45) is 11.5 Å². The highest BCUT2D eigenvalue weighted by atomic mass is 32.2. The number of nitrogens with zero attached hydrogens (tertiary/aromatic N) is 1. The van der Waals surface area contributed by atoms with Crippen LogP contribution in [0.4, 0.5) is 0 Å². The summed E-state index contributed by atoms with van der Waals surface area (Å²) in [5.41, 5.74) is 16.8. The normalized spacial score (nSPS) is 14.1. The van der Waals surface area contributed by atoms with Gasteiger partial charge in [-0.2, -0.15) is 0 Å². The molecule has 0 saturated heterocycles. The zero-order valence-corrected chi connectivity index (χ0v) is 24.3. The molecule has 0 spiro atoms. The minimum atomic E-state index is 0.131. The highest BCUT2D eigenvalue weighted by Crippen LogP contribution is 2.18. The molecule has 1 unspecified atom stereocenters. The molecule has 0 radical (unpaired) electrons. The summed E-state index contributed by atoms with van der Waals surface area (Å²) in [4.78, 5) is 13.1. The molecule has 0 aromatic carbocycles. The Morgan fingerprint density at radius 2 is 1.97 bits per heavy atom. The van der Waals surface area contributed by atoms with E-state index in [2.05, 4.69) is 68.0 Å². The van der Waals surface area contributed by atoms with E-state index in [1.807, 2.05) is 27.1 Å². The van der Waals surface area contributed by atoms with Crippen molar-refractivity contribution in [2.75, 3.05) is 39.0 Å². The Morgan fingerprint density at radius 1 is 1.29 bits per heavy atom. The van der Waals surface area contributed by atoms with Gasteiger partial charge >= 0.3 is 0 Å². The molecule has 1 aliphatic rings. The van der Waals surface area contributed by atoms with Gasteiger partial charge in [0.05, 0.1) is 16.6 Å². The molecular weight excluding hydrogens is 454 g/mol. The first kappa shape index (κ1) is 35.0. The highest BCUT2D eigenvalue weighted by Gasteiger charge is 2.11. The lowest BCUT2D eigenvalue weighted by Crippen LogP contribution is -2.33. The van der Waals surface area contributed by atoms with E-state index >= 15 is 0 Å². The van der Waals surface area contributed by atoms with Gasteiger partial charge in [0, 0.05) is 50.9 Å². The van der Waals surface area contributed by atoms with Crippen molar-refractivity contribution < 1.29 is 4.79 Å². The minimum Gasteiger partial charge on any atom is -0.396 e. The SMILES string of the molecule is C=C(CCC)/C(=C\C=C(/C)CSC(C=O)CCC)NC.CC.CCN(CCN)C1=CCNC=C1N. The first-order valence-corrected chi connectivity index (χ1v) is 14.1. The Hall–Kier alpha value is -2.12. The molecule has 0 aromatic heterocycles. The maximum absolute atomic E-state index is 10.9. The molecule has 35 heavy (non-hydrogen) atoms. The number of dihydropyridines is 1. The fourth-order valence-electron chi connectivity index (χ4n) is 3.23. The summed E-state index contributed by atoms with van der Waals surface area (Å²) in [7, 11) is 1.92. The van der Waals surface area contributed by atoms with Crippen molar-refractivity contribution in [3.8, 4) is 0 Å². The van der Waals surface area contributed by atoms with Gasteiger partial charge in [0.1, 0.15) is 6.29 Å². The molecule has 6 N–H and O–H groups in total. The van der Waals surface area contributed by atoms with Crippen molar-refractivity contribution in [1.82, 2.24) is 15.5 Å². The third-order valence-corrected chi connectivity index (χ3v) is 6.47. The van der Waals surface area contributed by atoms with Crippen LogP contribution in [-0.2, 0) is 4.79 Å². The number of rotatable bonds is 15. The third kappa shape index (κ3) is 16.2. The summed E-state index contributed by atoms with van der Waals surface area (Å²) in [6.07, 6.45) is 13.3. The van der Waals surface area contributed by atoms with Crippen molar-refractivity contribution >= 4 is 18.0 Å². The van der Waals surface area contributed by atoms with Gasteiger partial charge in [0.2, 0.25) is 0 Å². The summed E-state index contributed by atoms with van der Waals surface area (Å²) in [5.74, 6) is 0.900. The smallest absolute Gasteiger partial charge is 0.132 e. The van der Waals surface area contributed by atoms with Crippen LogP contribution in [0.5, 0.6) is 0 Å². The van der Waals surface area contributed by atoms with Gasteiger partial charge in [-0.3, -0.25) is 0 Å². The molecule has 1 aliphatic heterocycles. The molecule has 0 aliphatic carbocycles. The lowest BCUT2D eigenvalue weighted by Gasteiger charge is -2.27. The van der Waals surface area contributed by atoms with Gasteiger partial charge < -0.3 is 31.8 Å². The number of hydrogen-bond acceptors (Lipinski definition) is 7. The van der Waals surface area contributed by atoms with Crippen molar-refractivity contribution in [3.63, 3.8) is 0 Å². The topological polar surface area (TPSA) is 96.4 Å². The number of nitrogens with one attached hydrogen (secondary N) is 2. The van der Waals surface area contributed by atoms with Gasteiger partial charge in [0.25, 0.3) is 0 Å². The largest absolute Gasteiger partial charge is 0.396 e. The molecular formula is C28H53N5OS. The predicted molar refractivity (Wildman–Crippen MR) is 158 cm³/mol. The standard InChI is InChI=1S/C17H29NOS.C9H18N4.C2H6/c1-6-8-15(4)17(18-5)11-10-14(3)13-20-16(12-19)9-7-2;1-2-13(6-4-10)9-3-5-12-7-8(9)11;1-2/h10-12,16,18H,4,6-9,13H2,1-3,5H3;3,7,12H,2,4-6,10-11H2,1H3;1-2H3/b14-10+,17-11+;;. The van der Waals surface area contributed by atoms with E-state index < -0.39 is 0 Å². The predicted octanol–water partition coefficient (Wildman–Crippen LogP) is 5.07. The zero-order valence-electron chi connectivity index (χ0n) is 23.5. The van der Waals surface area contributed by atoms with Crippen LogP contribution in [0.2, 0.25) is 0 Å². The van der Waals surface area contributed by atoms with Gasteiger partial charge in [0.15, 0.2) is 0 Å².